The maximum Gasteiger partial charge on any atom is 0.292 e. The van der Waals surface area contributed by atoms with E-state index in [1.807, 2.05) is 43.3 Å². The van der Waals surface area contributed by atoms with Crippen LogP contribution in [0.5, 0.6) is 5.75 Å². The number of hydrazone groups is 1. The zero-order chi connectivity index (χ0) is 21.1. The van der Waals surface area contributed by atoms with Crippen molar-refractivity contribution in [3.05, 3.63) is 82.3 Å². The number of amides is 1. The number of hydrogen-bond donors (Lipinski definition) is 1. The lowest BCUT2D eigenvalue weighted by atomic mass is 10.0. The van der Waals surface area contributed by atoms with Crippen LogP contribution in [-0.4, -0.2) is 28.5 Å². The number of carbonyl (C=O) groups is 1. The molecule has 0 spiro atoms. The number of aromatic nitrogens is 2. The summed E-state index contributed by atoms with van der Waals surface area (Å²) in [5.41, 5.74) is 3.16. The van der Waals surface area contributed by atoms with Gasteiger partial charge < -0.3 is 4.74 Å². The van der Waals surface area contributed by atoms with Crippen LogP contribution in [0.15, 0.2) is 70.6 Å². The van der Waals surface area contributed by atoms with Gasteiger partial charge in [0.1, 0.15) is 5.75 Å². The van der Waals surface area contributed by atoms with E-state index < -0.39 is 5.91 Å². The average Bonchev–Trinajstić information content (AvgIpc) is 2.77. The summed E-state index contributed by atoms with van der Waals surface area (Å²) in [6.45, 7) is 2.42. The summed E-state index contributed by atoms with van der Waals surface area (Å²) in [5, 5.41) is 11.2. The average molecular weight is 400 g/mol. The van der Waals surface area contributed by atoms with Gasteiger partial charge in [0.15, 0.2) is 5.69 Å². The molecule has 7 heteroatoms. The van der Waals surface area contributed by atoms with E-state index in [0.717, 1.165) is 21.0 Å². The fourth-order valence-corrected chi connectivity index (χ4v) is 3.37. The monoisotopic (exact) mass is 400 g/mol. The molecule has 0 radical (unpaired) electrons. The molecule has 0 aliphatic heterocycles. The summed E-state index contributed by atoms with van der Waals surface area (Å²) in [7, 11) is 1.51. The van der Waals surface area contributed by atoms with Gasteiger partial charge >= 0.3 is 0 Å². The third-order valence-corrected chi connectivity index (χ3v) is 4.76. The Bertz CT molecular complexity index is 1340. The van der Waals surface area contributed by atoms with Gasteiger partial charge in [-0.2, -0.15) is 10.2 Å². The molecule has 150 valence electrons. The van der Waals surface area contributed by atoms with Gasteiger partial charge in [-0.05, 0) is 29.8 Å². The normalized spacial score (nSPS) is 11.3. The van der Waals surface area contributed by atoms with Gasteiger partial charge in [0.05, 0.1) is 18.2 Å². The van der Waals surface area contributed by atoms with E-state index in [4.69, 9.17) is 4.74 Å². The van der Waals surface area contributed by atoms with Crippen molar-refractivity contribution in [2.24, 2.45) is 12.1 Å². The Labute approximate surface area is 172 Å². The second-order valence-electron chi connectivity index (χ2n) is 6.65. The number of ether oxygens (including phenoxy) is 1. The second kappa shape index (κ2) is 8.16. The van der Waals surface area contributed by atoms with E-state index in [2.05, 4.69) is 15.6 Å². The molecule has 0 saturated heterocycles. The van der Waals surface area contributed by atoms with E-state index in [1.54, 1.807) is 30.5 Å². The largest absolute Gasteiger partial charge is 0.493 e. The molecule has 1 amide bonds. The first-order valence-electron chi connectivity index (χ1n) is 9.54. The second-order valence-corrected chi connectivity index (χ2v) is 6.65. The summed E-state index contributed by atoms with van der Waals surface area (Å²) in [6, 6.07) is 18.6. The fraction of sp³-hybridized carbons (Fsp3) is 0.130. The van der Waals surface area contributed by atoms with Crippen LogP contribution in [-0.2, 0) is 7.05 Å². The topological polar surface area (TPSA) is 85.6 Å². The smallest absolute Gasteiger partial charge is 0.292 e. The molecule has 1 N–H and O–H groups in total. The number of fused-ring (bicyclic) bond motifs is 2. The molecule has 4 aromatic rings. The third-order valence-electron chi connectivity index (χ3n) is 4.76. The maximum atomic E-state index is 12.8. The Morgan fingerprint density at radius 3 is 2.53 bits per heavy atom. The first-order valence-corrected chi connectivity index (χ1v) is 9.54. The standard InChI is InChI=1S/C23H20N4O3/c1-3-30-20-13-12-15-8-4-5-9-16(15)19(20)14-24-25-22(28)21-17-10-6-7-11-18(17)23(29)27(2)26-21/h4-14H,3H2,1-2H3,(H,25,28)/b24-14-. The number of hydrogen-bond acceptors (Lipinski definition) is 5. The van der Waals surface area contributed by atoms with Crippen LogP contribution >= 0.6 is 0 Å². The van der Waals surface area contributed by atoms with Gasteiger partial charge in [-0.25, -0.2) is 10.1 Å². The maximum absolute atomic E-state index is 12.8. The highest BCUT2D eigenvalue weighted by atomic mass is 16.5. The van der Waals surface area contributed by atoms with Gasteiger partial charge in [-0.1, -0.05) is 48.5 Å². The van der Waals surface area contributed by atoms with E-state index in [-0.39, 0.29) is 11.3 Å². The zero-order valence-electron chi connectivity index (χ0n) is 16.6. The van der Waals surface area contributed by atoms with Gasteiger partial charge in [0.2, 0.25) is 0 Å². The van der Waals surface area contributed by atoms with Crippen LogP contribution in [0.25, 0.3) is 21.5 Å². The van der Waals surface area contributed by atoms with Crippen LogP contribution in [0.1, 0.15) is 23.0 Å². The minimum atomic E-state index is -0.503. The highest BCUT2D eigenvalue weighted by Gasteiger charge is 2.15. The first-order chi connectivity index (χ1) is 14.6. The summed E-state index contributed by atoms with van der Waals surface area (Å²) in [4.78, 5) is 25.0. The van der Waals surface area contributed by atoms with Crippen molar-refractivity contribution in [2.45, 2.75) is 6.92 Å². The third kappa shape index (κ3) is 3.53. The van der Waals surface area contributed by atoms with E-state index >= 15 is 0 Å². The fourth-order valence-electron chi connectivity index (χ4n) is 3.37. The van der Waals surface area contributed by atoms with E-state index in [9.17, 15) is 9.59 Å². The van der Waals surface area contributed by atoms with Gasteiger partial charge in [-0.15, -0.1) is 0 Å². The molecule has 30 heavy (non-hydrogen) atoms. The minimum Gasteiger partial charge on any atom is -0.493 e. The van der Waals surface area contributed by atoms with Crippen LogP contribution in [0.2, 0.25) is 0 Å². The van der Waals surface area contributed by atoms with Crippen LogP contribution in [0.3, 0.4) is 0 Å². The number of benzene rings is 3. The highest BCUT2D eigenvalue weighted by Crippen LogP contribution is 2.26. The SMILES string of the molecule is CCOc1ccc2ccccc2c1/C=N\NC(=O)c1nn(C)c(=O)c2ccccc12. The highest BCUT2D eigenvalue weighted by molar-refractivity contribution is 6.06. The molecule has 7 nitrogen and oxygen atoms in total. The summed E-state index contributed by atoms with van der Waals surface area (Å²) >= 11 is 0. The Morgan fingerprint density at radius 1 is 1.07 bits per heavy atom. The van der Waals surface area contributed by atoms with Crippen LogP contribution in [0.4, 0.5) is 0 Å². The van der Waals surface area contributed by atoms with E-state index in [1.165, 1.54) is 7.05 Å². The molecular weight excluding hydrogens is 380 g/mol. The molecule has 0 aliphatic carbocycles. The predicted molar refractivity (Wildman–Crippen MR) is 117 cm³/mol. The van der Waals surface area contributed by atoms with Crippen LogP contribution < -0.4 is 15.7 Å². The van der Waals surface area contributed by atoms with Crippen molar-refractivity contribution in [3.63, 3.8) is 0 Å². The number of nitrogens with one attached hydrogen (secondary N) is 1. The number of carbonyl (C=O) groups excluding carboxylic acids is 1. The molecule has 0 atom stereocenters. The quantitative estimate of drug-likeness (QED) is 0.412. The number of rotatable bonds is 5. The van der Waals surface area contributed by atoms with Crippen molar-refractivity contribution >= 4 is 33.7 Å². The Balaban J connectivity index is 1.69. The number of aryl methyl sites for hydroxylation is 1. The molecule has 0 aliphatic rings. The lowest BCUT2D eigenvalue weighted by molar-refractivity contribution is 0.0950. The molecule has 1 aromatic heterocycles. The van der Waals surface area contributed by atoms with Crippen molar-refractivity contribution in [1.29, 1.82) is 0 Å². The molecule has 0 fully saturated rings. The van der Waals surface area contributed by atoms with Crippen molar-refractivity contribution < 1.29 is 9.53 Å². The summed E-state index contributed by atoms with van der Waals surface area (Å²) in [5.74, 6) is 0.177. The molecule has 3 aromatic carbocycles. The Kier molecular flexibility index (Phi) is 5.26. The molecule has 0 bridgehead atoms. The zero-order valence-corrected chi connectivity index (χ0v) is 16.6. The van der Waals surface area contributed by atoms with Crippen molar-refractivity contribution in [3.8, 4) is 5.75 Å². The van der Waals surface area contributed by atoms with Gasteiger partial charge in [0.25, 0.3) is 11.5 Å². The summed E-state index contributed by atoms with van der Waals surface area (Å²) < 4.78 is 6.87. The summed E-state index contributed by atoms with van der Waals surface area (Å²) in [6.07, 6.45) is 1.56. The molecule has 0 saturated carbocycles. The van der Waals surface area contributed by atoms with Crippen LogP contribution in [0, 0.1) is 0 Å². The molecule has 1 heterocycles. The van der Waals surface area contributed by atoms with Crippen molar-refractivity contribution in [1.82, 2.24) is 15.2 Å². The van der Waals surface area contributed by atoms with Crippen molar-refractivity contribution in [2.75, 3.05) is 6.61 Å². The lowest BCUT2D eigenvalue weighted by Crippen LogP contribution is -2.27. The molecular formula is C23H20N4O3. The first kappa shape index (κ1) is 19.3. The molecule has 0 unspecified atom stereocenters. The van der Waals surface area contributed by atoms with E-state index in [0.29, 0.717) is 23.1 Å². The lowest BCUT2D eigenvalue weighted by Gasteiger charge is -2.10. The predicted octanol–water partition coefficient (Wildman–Crippen LogP) is 3.25. The minimum absolute atomic E-state index is 0.132. The van der Waals surface area contributed by atoms with Gasteiger partial charge in [-0.3, -0.25) is 9.59 Å². The Hall–Kier alpha value is -4.00. The Morgan fingerprint density at radius 2 is 1.77 bits per heavy atom. The number of nitrogens with zero attached hydrogens (tertiary/aromatic N) is 3. The van der Waals surface area contributed by atoms with Gasteiger partial charge in [0, 0.05) is 18.0 Å². The molecule has 4 rings (SSSR count).